The molecule has 1 atom stereocenters. The molecule has 1 aromatic rings. The van der Waals surface area contributed by atoms with Crippen molar-refractivity contribution in [2.24, 2.45) is 0 Å². The van der Waals surface area contributed by atoms with E-state index >= 15 is 0 Å². The Balaban J connectivity index is 2.27. The molecule has 0 aliphatic carbocycles. The van der Waals surface area contributed by atoms with Crippen molar-refractivity contribution in [3.8, 4) is 0 Å². The standard InChI is InChI=1S/C11H14N2O6/c14-5-8(11(17)18)13-9(15)1-3-12-10(16)7-2-4-19-6-7/h2,4,6,8,14H,1,3,5H2,(H,12,16)(H,13,15)(H,17,18)/t8-/m0/s1. The summed E-state index contributed by atoms with van der Waals surface area (Å²) >= 11 is 0. The molecule has 2 amide bonds. The average Bonchev–Trinajstić information content (AvgIpc) is 2.89. The normalized spacial score (nSPS) is 11.6. The zero-order valence-electron chi connectivity index (χ0n) is 9.96. The second-order valence-corrected chi connectivity index (χ2v) is 3.66. The van der Waals surface area contributed by atoms with Gasteiger partial charge in [-0.2, -0.15) is 0 Å². The molecule has 0 bridgehead atoms. The molecule has 0 spiro atoms. The maximum absolute atomic E-state index is 11.4. The summed E-state index contributed by atoms with van der Waals surface area (Å²) in [7, 11) is 0. The van der Waals surface area contributed by atoms with Crippen LogP contribution in [-0.2, 0) is 9.59 Å². The van der Waals surface area contributed by atoms with Gasteiger partial charge >= 0.3 is 5.97 Å². The first-order chi connectivity index (χ1) is 9.04. The first kappa shape index (κ1) is 14.7. The van der Waals surface area contributed by atoms with Crippen LogP contribution < -0.4 is 10.6 Å². The van der Waals surface area contributed by atoms with E-state index < -0.39 is 30.4 Å². The highest BCUT2D eigenvalue weighted by molar-refractivity contribution is 5.94. The number of aliphatic carboxylic acids is 1. The van der Waals surface area contributed by atoms with E-state index in [1.165, 1.54) is 18.6 Å². The smallest absolute Gasteiger partial charge is 0.328 e. The zero-order chi connectivity index (χ0) is 14.3. The lowest BCUT2D eigenvalue weighted by Gasteiger charge is -2.11. The van der Waals surface area contributed by atoms with Crippen LogP contribution >= 0.6 is 0 Å². The Hall–Kier alpha value is -2.35. The van der Waals surface area contributed by atoms with Crippen molar-refractivity contribution in [1.29, 1.82) is 0 Å². The van der Waals surface area contributed by atoms with Gasteiger partial charge in [0.25, 0.3) is 5.91 Å². The van der Waals surface area contributed by atoms with Crippen molar-refractivity contribution in [2.45, 2.75) is 12.5 Å². The van der Waals surface area contributed by atoms with Crippen molar-refractivity contribution >= 4 is 17.8 Å². The van der Waals surface area contributed by atoms with Crippen LogP contribution in [0.4, 0.5) is 0 Å². The number of rotatable bonds is 7. The highest BCUT2D eigenvalue weighted by Crippen LogP contribution is 1.98. The number of carboxylic acid groups (broad SMARTS) is 1. The molecule has 0 saturated heterocycles. The van der Waals surface area contributed by atoms with Gasteiger partial charge in [0.2, 0.25) is 5.91 Å². The number of amides is 2. The third kappa shape index (κ3) is 4.80. The van der Waals surface area contributed by atoms with Gasteiger partial charge in [-0.15, -0.1) is 0 Å². The number of hydrogen-bond donors (Lipinski definition) is 4. The molecule has 19 heavy (non-hydrogen) atoms. The molecule has 8 heteroatoms. The monoisotopic (exact) mass is 270 g/mol. The van der Waals surface area contributed by atoms with Gasteiger partial charge in [0.1, 0.15) is 12.3 Å². The molecule has 8 nitrogen and oxygen atoms in total. The summed E-state index contributed by atoms with van der Waals surface area (Å²) in [6.07, 6.45) is 2.52. The molecular weight excluding hydrogens is 256 g/mol. The number of furan rings is 1. The Morgan fingerprint density at radius 3 is 2.63 bits per heavy atom. The lowest BCUT2D eigenvalue weighted by Crippen LogP contribution is -2.44. The minimum absolute atomic E-state index is 0.0492. The maximum Gasteiger partial charge on any atom is 0.328 e. The van der Waals surface area contributed by atoms with E-state index in [0.717, 1.165) is 0 Å². The van der Waals surface area contributed by atoms with E-state index in [2.05, 4.69) is 10.6 Å². The topological polar surface area (TPSA) is 129 Å². The van der Waals surface area contributed by atoms with E-state index in [9.17, 15) is 14.4 Å². The molecular formula is C11H14N2O6. The van der Waals surface area contributed by atoms with Crippen molar-refractivity contribution in [3.63, 3.8) is 0 Å². The summed E-state index contributed by atoms with van der Waals surface area (Å²) < 4.78 is 4.72. The lowest BCUT2D eigenvalue weighted by atomic mass is 10.3. The second kappa shape index (κ2) is 7.17. The first-order valence-electron chi connectivity index (χ1n) is 5.48. The summed E-state index contributed by atoms with van der Waals surface area (Å²) in [6.45, 7) is -0.643. The molecule has 0 unspecified atom stereocenters. The van der Waals surface area contributed by atoms with E-state index in [4.69, 9.17) is 14.6 Å². The van der Waals surface area contributed by atoms with Crippen molar-refractivity contribution in [2.75, 3.05) is 13.2 Å². The molecule has 1 heterocycles. The molecule has 4 N–H and O–H groups in total. The van der Waals surface area contributed by atoms with E-state index in [1.807, 2.05) is 0 Å². The number of carboxylic acids is 1. The fourth-order valence-corrected chi connectivity index (χ4v) is 1.24. The van der Waals surface area contributed by atoms with Crippen LogP contribution in [0.25, 0.3) is 0 Å². The van der Waals surface area contributed by atoms with Gasteiger partial charge in [-0.3, -0.25) is 9.59 Å². The van der Waals surface area contributed by atoms with Crippen LogP contribution in [0, 0.1) is 0 Å². The van der Waals surface area contributed by atoms with Crippen LogP contribution in [0.2, 0.25) is 0 Å². The maximum atomic E-state index is 11.4. The van der Waals surface area contributed by atoms with Gasteiger partial charge in [-0.05, 0) is 6.07 Å². The Morgan fingerprint density at radius 1 is 1.37 bits per heavy atom. The quantitative estimate of drug-likeness (QED) is 0.501. The molecule has 0 fully saturated rings. The second-order valence-electron chi connectivity index (χ2n) is 3.66. The van der Waals surface area contributed by atoms with E-state index in [1.54, 1.807) is 0 Å². The van der Waals surface area contributed by atoms with Crippen LogP contribution in [0.15, 0.2) is 23.0 Å². The predicted octanol–water partition coefficient (Wildman–Crippen LogP) is -1.04. The van der Waals surface area contributed by atoms with Gasteiger partial charge in [-0.25, -0.2) is 4.79 Å². The minimum atomic E-state index is -1.34. The SMILES string of the molecule is O=C(CCNC(=O)c1ccoc1)N[C@@H](CO)C(=O)O. The molecule has 0 aromatic carbocycles. The highest BCUT2D eigenvalue weighted by atomic mass is 16.4. The fourth-order valence-electron chi connectivity index (χ4n) is 1.24. The summed E-state index contributed by atoms with van der Waals surface area (Å²) in [6, 6.07) is 0.138. The van der Waals surface area contributed by atoms with Crippen LogP contribution in [0.5, 0.6) is 0 Å². The minimum Gasteiger partial charge on any atom is -0.480 e. The number of aliphatic hydroxyl groups excluding tert-OH is 1. The molecule has 1 rings (SSSR count). The third-order valence-corrected chi connectivity index (χ3v) is 2.24. The van der Waals surface area contributed by atoms with Gasteiger partial charge < -0.3 is 25.3 Å². The number of aliphatic hydroxyl groups is 1. The Kier molecular flexibility index (Phi) is 5.55. The highest BCUT2D eigenvalue weighted by Gasteiger charge is 2.18. The Bertz CT molecular complexity index is 442. The van der Waals surface area contributed by atoms with Gasteiger partial charge in [0.05, 0.1) is 18.4 Å². The van der Waals surface area contributed by atoms with Crippen LogP contribution in [0.1, 0.15) is 16.8 Å². The molecule has 104 valence electrons. The molecule has 1 aromatic heterocycles. The molecule has 0 aliphatic rings. The van der Waals surface area contributed by atoms with Crippen LogP contribution in [0.3, 0.4) is 0 Å². The molecule has 0 aliphatic heterocycles. The molecule has 0 radical (unpaired) electrons. The summed E-state index contributed by atoms with van der Waals surface area (Å²) in [5, 5.41) is 21.9. The first-order valence-corrected chi connectivity index (χ1v) is 5.48. The van der Waals surface area contributed by atoms with E-state index in [-0.39, 0.29) is 13.0 Å². The lowest BCUT2D eigenvalue weighted by molar-refractivity contribution is -0.142. The predicted molar refractivity (Wildman–Crippen MR) is 62.3 cm³/mol. The Morgan fingerprint density at radius 2 is 2.11 bits per heavy atom. The van der Waals surface area contributed by atoms with Crippen molar-refractivity contribution in [1.82, 2.24) is 10.6 Å². The number of nitrogens with one attached hydrogen (secondary N) is 2. The number of carbonyl (C=O) groups excluding carboxylic acids is 2. The summed E-state index contributed by atoms with van der Waals surface area (Å²) in [4.78, 5) is 33.3. The number of hydrogen-bond acceptors (Lipinski definition) is 5. The van der Waals surface area contributed by atoms with Crippen LogP contribution in [-0.4, -0.2) is 47.2 Å². The summed E-state index contributed by atoms with van der Waals surface area (Å²) in [5.41, 5.74) is 0.333. The van der Waals surface area contributed by atoms with E-state index in [0.29, 0.717) is 5.56 Å². The zero-order valence-corrected chi connectivity index (χ0v) is 9.96. The largest absolute Gasteiger partial charge is 0.480 e. The molecule has 0 saturated carbocycles. The fraction of sp³-hybridized carbons (Fsp3) is 0.364. The van der Waals surface area contributed by atoms with Crippen molar-refractivity contribution in [3.05, 3.63) is 24.2 Å². The Labute approximate surface area is 108 Å². The van der Waals surface area contributed by atoms with Gasteiger partial charge in [0.15, 0.2) is 0 Å². The van der Waals surface area contributed by atoms with Crippen molar-refractivity contribution < 1.29 is 29.0 Å². The average molecular weight is 270 g/mol. The van der Waals surface area contributed by atoms with Gasteiger partial charge in [0, 0.05) is 13.0 Å². The van der Waals surface area contributed by atoms with Gasteiger partial charge in [-0.1, -0.05) is 0 Å². The number of carbonyl (C=O) groups is 3. The third-order valence-electron chi connectivity index (χ3n) is 2.24. The summed E-state index contributed by atoms with van der Waals surface area (Å²) in [5.74, 6) is -2.29.